The lowest BCUT2D eigenvalue weighted by molar-refractivity contribution is -0.154. The molecule has 3 N–H and O–H groups in total. The SMILES string of the molecule is CC.CCC(=O)C1(NC)CCN(CC)CC1.CNC1(C(=O)OCc2ccccc2)CCNCC1. The number of piperidine rings is 2. The molecule has 2 heterocycles. The molecular formula is C27H48N4O3. The Morgan fingerprint density at radius 3 is 1.97 bits per heavy atom. The number of nitrogens with one attached hydrogen (secondary N) is 3. The maximum Gasteiger partial charge on any atom is 0.326 e. The number of ether oxygens (including phenoxy) is 1. The molecule has 1 aromatic carbocycles. The monoisotopic (exact) mass is 476 g/mol. The predicted molar refractivity (Wildman–Crippen MR) is 140 cm³/mol. The van der Waals surface area contributed by atoms with Crippen LogP contribution in [-0.4, -0.2) is 74.5 Å². The Hall–Kier alpha value is -1.80. The van der Waals surface area contributed by atoms with Crippen LogP contribution in [0.15, 0.2) is 30.3 Å². The van der Waals surface area contributed by atoms with Crippen molar-refractivity contribution >= 4 is 11.8 Å². The second-order valence-corrected chi connectivity index (χ2v) is 8.69. The molecule has 0 saturated carbocycles. The number of hydrogen-bond donors (Lipinski definition) is 3. The molecule has 1 aromatic rings. The van der Waals surface area contributed by atoms with Gasteiger partial charge in [-0.3, -0.25) is 9.59 Å². The number of likely N-dealkylation sites (tertiary alicyclic amines) is 1. The number of carbonyl (C=O) groups excluding carboxylic acids is 2. The fraction of sp³-hybridized carbons (Fsp3) is 0.704. The first-order valence-corrected chi connectivity index (χ1v) is 13.0. The van der Waals surface area contributed by atoms with Gasteiger partial charge in [0, 0.05) is 19.5 Å². The van der Waals surface area contributed by atoms with Crippen molar-refractivity contribution in [2.75, 3.05) is 46.8 Å². The molecule has 0 amide bonds. The number of rotatable bonds is 8. The Morgan fingerprint density at radius 2 is 1.50 bits per heavy atom. The van der Waals surface area contributed by atoms with E-state index >= 15 is 0 Å². The van der Waals surface area contributed by atoms with E-state index in [1.807, 2.05) is 65.2 Å². The van der Waals surface area contributed by atoms with Gasteiger partial charge in [0.1, 0.15) is 12.1 Å². The molecule has 194 valence electrons. The molecule has 7 nitrogen and oxygen atoms in total. The third kappa shape index (κ3) is 8.45. The summed E-state index contributed by atoms with van der Waals surface area (Å²) in [6.45, 7) is 13.4. The smallest absolute Gasteiger partial charge is 0.326 e. The van der Waals surface area contributed by atoms with Crippen LogP contribution in [0.1, 0.15) is 65.4 Å². The summed E-state index contributed by atoms with van der Waals surface area (Å²) in [6.07, 6.45) is 4.12. The van der Waals surface area contributed by atoms with Crippen LogP contribution in [-0.2, 0) is 20.9 Å². The Morgan fingerprint density at radius 1 is 0.941 bits per heavy atom. The molecule has 0 aromatic heterocycles. The lowest BCUT2D eigenvalue weighted by Crippen LogP contribution is -2.57. The Labute approximate surface area is 207 Å². The molecule has 0 unspecified atom stereocenters. The number of carbonyl (C=O) groups is 2. The largest absolute Gasteiger partial charge is 0.459 e. The van der Waals surface area contributed by atoms with Gasteiger partial charge in [-0.2, -0.15) is 0 Å². The molecule has 2 fully saturated rings. The van der Waals surface area contributed by atoms with E-state index in [2.05, 4.69) is 27.8 Å². The van der Waals surface area contributed by atoms with Crippen molar-refractivity contribution in [2.45, 2.75) is 77.5 Å². The van der Waals surface area contributed by atoms with Crippen molar-refractivity contribution in [3.8, 4) is 0 Å². The van der Waals surface area contributed by atoms with Crippen molar-refractivity contribution < 1.29 is 14.3 Å². The highest BCUT2D eigenvalue weighted by atomic mass is 16.5. The molecule has 2 aliphatic heterocycles. The number of Topliss-reactive ketones (excluding diaryl/α,β-unsaturated/α-hetero) is 1. The number of likely N-dealkylation sites (N-methyl/N-ethyl adjacent to an activating group) is 2. The van der Waals surface area contributed by atoms with Crippen LogP contribution in [0.5, 0.6) is 0 Å². The molecule has 0 radical (unpaired) electrons. The summed E-state index contributed by atoms with van der Waals surface area (Å²) in [5.74, 6) is 0.228. The minimum atomic E-state index is -0.514. The summed E-state index contributed by atoms with van der Waals surface area (Å²) in [4.78, 5) is 26.4. The lowest BCUT2D eigenvalue weighted by atomic mass is 9.82. The summed E-state index contributed by atoms with van der Waals surface area (Å²) in [5, 5.41) is 9.63. The average molecular weight is 477 g/mol. The van der Waals surface area contributed by atoms with Gasteiger partial charge in [0.2, 0.25) is 0 Å². The van der Waals surface area contributed by atoms with Crippen LogP contribution in [0.25, 0.3) is 0 Å². The molecule has 2 saturated heterocycles. The fourth-order valence-corrected chi connectivity index (χ4v) is 4.53. The first-order chi connectivity index (χ1) is 16.4. The summed E-state index contributed by atoms with van der Waals surface area (Å²) >= 11 is 0. The fourth-order valence-electron chi connectivity index (χ4n) is 4.53. The molecule has 3 rings (SSSR count). The van der Waals surface area contributed by atoms with Crippen molar-refractivity contribution in [2.24, 2.45) is 0 Å². The summed E-state index contributed by atoms with van der Waals surface area (Å²) in [6, 6.07) is 9.76. The molecule has 0 spiro atoms. The summed E-state index contributed by atoms with van der Waals surface area (Å²) < 4.78 is 5.43. The number of benzene rings is 1. The van der Waals surface area contributed by atoms with Crippen LogP contribution in [0.2, 0.25) is 0 Å². The van der Waals surface area contributed by atoms with Crippen LogP contribution in [0.3, 0.4) is 0 Å². The van der Waals surface area contributed by atoms with Gasteiger partial charge in [-0.05, 0) is 65.0 Å². The van der Waals surface area contributed by atoms with Crippen LogP contribution >= 0.6 is 0 Å². The maximum absolute atomic E-state index is 12.2. The zero-order chi connectivity index (χ0) is 25.5. The Balaban J connectivity index is 0.000000326. The molecule has 2 aliphatic rings. The normalized spacial score (nSPS) is 19.0. The standard InChI is InChI=1S/C14H20N2O2.C11H22N2O.C2H6/c1-15-14(7-9-16-10-8-14)13(17)18-11-12-5-3-2-4-6-12;1-4-10(14)11(12-3)6-8-13(5-2)9-7-11;1-2/h2-6,15-16H,7-11H2,1H3;12H,4-9H2,1-3H3;1-2H3. The highest BCUT2D eigenvalue weighted by molar-refractivity contribution is 5.88. The first-order valence-electron chi connectivity index (χ1n) is 13.0. The molecule has 7 heteroatoms. The second-order valence-electron chi connectivity index (χ2n) is 8.69. The predicted octanol–water partition coefficient (Wildman–Crippen LogP) is 3.14. The first kappa shape index (κ1) is 30.2. The minimum absolute atomic E-state index is 0.143. The van der Waals surface area contributed by atoms with E-state index in [4.69, 9.17) is 4.74 Å². The third-order valence-electron chi connectivity index (χ3n) is 7.03. The van der Waals surface area contributed by atoms with E-state index in [0.29, 0.717) is 18.8 Å². The van der Waals surface area contributed by atoms with E-state index in [9.17, 15) is 9.59 Å². The van der Waals surface area contributed by atoms with E-state index in [1.54, 1.807) is 0 Å². The molecule has 34 heavy (non-hydrogen) atoms. The highest BCUT2D eigenvalue weighted by Crippen LogP contribution is 2.24. The number of ketones is 1. The van der Waals surface area contributed by atoms with Gasteiger partial charge in [0.15, 0.2) is 5.78 Å². The zero-order valence-electron chi connectivity index (χ0n) is 22.3. The van der Waals surface area contributed by atoms with Gasteiger partial charge < -0.3 is 25.6 Å². The van der Waals surface area contributed by atoms with Crippen LogP contribution in [0, 0.1) is 0 Å². The van der Waals surface area contributed by atoms with Crippen molar-refractivity contribution in [1.29, 1.82) is 0 Å². The molecule has 0 atom stereocenters. The summed E-state index contributed by atoms with van der Waals surface area (Å²) in [7, 11) is 3.74. The van der Waals surface area contributed by atoms with Gasteiger partial charge in [-0.15, -0.1) is 0 Å². The molecule has 0 bridgehead atoms. The van der Waals surface area contributed by atoms with Gasteiger partial charge in [-0.1, -0.05) is 58.0 Å². The number of nitrogens with zero attached hydrogens (tertiary/aromatic N) is 1. The lowest BCUT2D eigenvalue weighted by Gasteiger charge is -2.40. The van der Waals surface area contributed by atoms with Crippen LogP contribution in [0.4, 0.5) is 0 Å². The highest BCUT2D eigenvalue weighted by Gasteiger charge is 2.39. The van der Waals surface area contributed by atoms with Crippen molar-refractivity contribution in [3.63, 3.8) is 0 Å². The van der Waals surface area contributed by atoms with Gasteiger partial charge >= 0.3 is 5.97 Å². The minimum Gasteiger partial charge on any atom is -0.459 e. The zero-order valence-corrected chi connectivity index (χ0v) is 22.3. The van der Waals surface area contributed by atoms with Crippen molar-refractivity contribution in [1.82, 2.24) is 20.9 Å². The third-order valence-corrected chi connectivity index (χ3v) is 7.03. The van der Waals surface area contributed by atoms with E-state index in [0.717, 1.165) is 64.0 Å². The molecule has 0 aliphatic carbocycles. The van der Waals surface area contributed by atoms with Gasteiger partial charge in [0.25, 0.3) is 0 Å². The quantitative estimate of drug-likeness (QED) is 0.497. The van der Waals surface area contributed by atoms with E-state index in [1.165, 1.54) is 0 Å². The molecular weight excluding hydrogens is 428 g/mol. The van der Waals surface area contributed by atoms with Gasteiger partial charge in [0.05, 0.1) is 5.54 Å². The topological polar surface area (TPSA) is 82.7 Å². The second kappa shape index (κ2) is 16.0. The summed E-state index contributed by atoms with van der Waals surface area (Å²) in [5.41, 5.74) is 0.284. The average Bonchev–Trinajstić information content (AvgIpc) is 2.93. The van der Waals surface area contributed by atoms with E-state index in [-0.39, 0.29) is 11.5 Å². The number of esters is 1. The Bertz CT molecular complexity index is 697. The van der Waals surface area contributed by atoms with Crippen molar-refractivity contribution in [3.05, 3.63) is 35.9 Å². The number of hydrogen-bond acceptors (Lipinski definition) is 7. The van der Waals surface area contributed by atoms with Gasteiger partial charge in [-0.25, -0.2) is 0 Å². The maximum atomic E-state index is 12.2. The van der Waals surface area contributed by atoms with E-state index < -0.39 is 5.54 Å². The Kier molecular flexibility index (Phi) is 14.2. The van der Waals surface area contributed by atoms with Crippen LogP contribution < -0.4 is 16.0 Å².